The molecule has 1 aromatic rings. The second-order valence-electron chi connectivity index (χ2n) is 4.25. The Morgan fingerprint density at radius 3 is 2.21 bits per heavy atom. The third-order valence-electron chi connectivity index (χ3n) is 3.00. The number of rotatable bonds is 2. The topological polar surface area (TPSA) is 9.23 Å². The fourth-order valence-electron chi connectivity index (χ4n) is 2.16. The summed E-state index contributed by atoms with van der Waals surface area (Å²) in [5.74, 6) is 1.11. The van der Waals surface area contributed by atoms with E-state index in [1.807, 2.05) is 0 Å². The summed E-state index contributed by atoms with van der Waals surface area (Å²) >= 11 is 0. The third-order valence-corrected chi connectivity index (χ3v) is 3.00. The van der Waals surface area contributed by atoms with Crippen LogP contribution in [0.5, 0.6) is 5.75 Å². The van der Waals surface area contributed by atoms with Gasteiger partial charge in [-0.1, -0.05) is 18.2 Å². The van der Waals surface area contributed by atoms with Crippen LogP contribution in [0.15, 0.2) is 18.2 Å². The molecule has 0 aromatic heterocycles. The highest BCUT2D eigenvalue weighted by Gasteiger charge is 2.17. The van der Waals surface area contributed by atoms with E-state index in [4.69, 9.17) is 4.74 Å². The molecular formula is C13H18O. The van der Waals surface area contributed by atoms with Crippen molar-refractivity contribution in [1.29, 1.82) is 0 Å². The van der Waals surface area contributed by atoms with Crippen molar-refractivity contribution in [2.75, 3.05) is 0 Å². The average Bonchev–Trinajstić information content (AvgIpc) is 2.64. The molecule has 76 valence electrons. The van der Waals surface area contributed by atoms with E-state index in [2.05, 4.69) is 32.0 Å². The van der Waals surface area contributed by atoms with Gasteiger partial charge < -0.3 is 4.74 Å². The van der Waals surface area contributed by atoms with Crippen molar-refractivity contribution in [1.82, 2.24) is 0 Å². The minimum Gasteiger partial charge on any atom is -0.490 e. The fraction of sp³-hybridized carbons (Fsp3) is 0.538. The van der Waals surface area contributed by atoms with Crippen LogP contribution in [-0.2, 0) is 0 Å². The van der Waals surface area contributed by atoms with E-state index < -0.39 is 0 Å². The zero-order valence-electron chi connectivity index (χ0n) is 9.05. The van der Waals surface area contributed by atoms with Gasteiger partial charge in [0.1, 0.15) is 5.75 Å². The predicted molar refractivity (Wildman–Crippen MR) is 58.8 cm³/mol. The summed E-state index contributed by atoms with van der Waals surface area (Å²) in [4.78, 5) is 0. The van der Waals surface area contributed by atoms with Crippen molar-refractivity contribution in [2.45, 2.75) is 45.6 Å². The normalized spacial score (nSPS) is 17.3. The van der Waals surface area contributed by atoms with Gasteiger partial charge in [0.25, 0.3) is 0 Å². The number of hydrogen-bond acceptors (Lipinski definition) is 1. The molecule has 1 aliphatic carbocycles. The summed E-state index contributed by atoms with van der Waals surface area (Å²) in [6, 6.07) is 6.33. The lowest BCUT2D eigenvalue weighted by Crippen LogP contribution is -2.12. The van der Waals surface area contributed by atoms with E-state index in [9.17, 15) is 0 Å². The summed E-state index contributed by atoms with van der Waals surface area (Å²) < 4.78 is 6.04. The average molecular weight is 190 g/mol. The third kappa shape index (κ3) is 1.92. The van der Waals surface area contributed by atoms with Gasteiger partial charge in [-0.3, -0.25) is 0 Å². The number of hydrogen-bond donors (Lipinski definition) is 0. The van der Waals surface area contributed by atoms with Gasteiger partial charge in [-0.15, -0.1) is 0 Å². The molecule has 1 aliphatic rings. The quantitative estimate of drug-likeness (QED) is 0.692. The van der Waals surface area contributed by atoms with Crippen LogP contribution in [0.1, 0.15) is 36.8 Å². The van der Waals surface area contributed by atoms with E-state index in [0.717, 1.165) is 5.75 Å². The van der Waals surface area contributed by atoms with Crippen LogP contribution in [0.3, 0.4) is 0 Å². The minimum atomic E-state index is 0.467. The second-order valence-corrected chi connectivity index (χ2v) is 4.25. The molecule has 0 atom stereocenters. The largest absolute Gasteiger partial charge is 0.490 e. The monoisotopic (exact) mass is 190 g/mol. The standard InChI is InChI=1S/C13H18O/c1-10-6-5-7-11(2)13(10)14-12-8-3-4-9-12/h5-7,12H,3-4,8-9H2,1-2H3. The predicted octanol–water partition coefficient (Wildman–Crippen LogP) is 3.62. The SMILES string of the molecule is Cc1cccc(C)c1OC1CCCC1. The number of benzene rings is 1. The maximum atomic E-state index is 6.04. The van der Waals surface area contributed by atoms with E-state index in [-0.39, 0.29) is 0 Å². The van der Waals surface area contributed by atoms with Gasteiger partial charge in [-0.05, 0) is 50.7 Å². The zero-order valence-corrected chi connectivity index (χ0v) is 9.05. The van der Waals surface area contributed by atoms with Crippen LogP contribution in [0, 0.1) is 13.8 Å². The molecule has 1 saturated carbocycles. The van der Waals surface area contributed by atoms with Gasteiger partial charge in [0.2, 0.25) is 0 Å². The molecule has 1 nitrogen and oxygen atoms in total. The Balaban J connectivity index is 2.14. The van der Waals surface area contributed by atoms with Crippen molar-refractivity contribution in [3.8, 4) is 5.75 Å². The lowest BCUT2D eigenvalue weighted by molar-refractivity contribution is 0.207. The van der Waals surface area contributed by atoms with E-state index in [1.165, 1.54) is 36.8 Å². The molecule has 0 radical (unpaired) electrons. The fourth-order valence-corrected chi connectivity index (χ4v) is 2.16. The van der Waals surface area contributed by atoms with Gasteiger partial charge >= 0.3 is 0 Å². The van der Waals surface area contributed by atoms with E-state index in [0.29, 0.717) is 6.10 Å². The molecule has 0 spiro atoms. The molecule has 14 heavy (non-hydrogen) atoms. The van der Waals surface area contributed by atoms with E-state index in [1.54, 1.807) is 0 Å². The Morgan fingerprint density at radius 2 is 1.64 bits per heavy atom. The van der Waals surface area contributed by atoms with Crippen molar-refractivity contribution in [3.63, 3.8) is 0 Å². The Labute approximate surface area is 86.1 Å². The van der Waals surface area contributed by atoms with Gasteiger partial charge in [0.15, 0.2) is 0 Å². The molecule has 1 heteroatoms. The van der Waals surface area contributed by atoms with Gasteiger partial charge in [0, 0.05) is 0 Å². The molecule has 2 rings (SSSR count). The summed E-state index contributed by atoms with van der Waals surface area (Å²) in [6.07, 6.45) is 5.59. The Morgan fingerprint density at radius 1 is 1.07 bits per heavy atom. The molecule has 1 fully saturated rings. The highest BCUT2D eigenvalue weighted by Crippen LogP contribution is 2.28. The number of ether oxygens (including phenoxy) is 1. The molecule has 0 saturated heterocycles. The first-order valence-corrected chi connectivity index (χ1v) is 5.50. The maximum absolute atomic E-state index is 6.04. The zero-order chi connectivity index (χ0) is 9.97. The highest BCUT2D eigenvalue weighted by molar-refractivity contribution is 5.39. The Bertz CT molecular complexity index is 291. The first-order chi connectivity index (χ1) is 6.77. The highest BCUT2D eigenvalue weighted by atomic mass is 16.5. The Kier molecular flexibility index (Phi) is 2.76. The van der Waals surface area contributed by atoms with Crippen LogP contribution in [0.25, 0.3) is 0 Å². The lowest BCUT2D eigenvalue weighted by Gasteiger charge is -2.17. The lowest BCUT2D eigenvalue weighted by atomic mass is 10.1. The molecule has 1 aromatic carbocycles. The molecule has 0 unspecified atom stereocenters. The number of para-hydroxylation sites is 1. The second kappa shape index (κ2) is 4.04. The van der Waals surface area contributed by atoms with Crippen molar-refractivity contribution in [2.24, 2.45) is 0 Å². The molecule has 0 bridgehead atoms. The summed E-state index contributed by atoms with van der Waals surface area (Å²) in [6.45, 7) is 4.24. The first-order valence-electron chi connectivity index (χ1n) is 5.50. The van der Waals surface area contributed by atoms with Crippen LogP contribution < -0.4 is 4.74 Å². The van der Waals surface area contributed by atoms with Gasteiger partial charge in [-0.25, -0.2) is 0 Å². The van der Waals surface area contributed by atoms with Crippen molar-refractivity contribution < 1.29 is 4.74 Å². The van der Waals surface area contributed by atoms with Gasteiger partial charge in [-0.2, -0.15) is 0 Å². The van der Waals surface area contributed by atoms with Gasteiger partial charge in [0.05, 0.1) is 6.10 Å². The molecule has 0 N–H and O–H groups in total. The summed E-state index contributed by atoms with van der Waals surface area (Å²) in [7, 11) is 0. The molecule has 0 heterocycles. The van der Waals surface area contributed by atoms with Crippen molar-refractivity contribution in [3.05, 3.63) is 29.3 Å². The minimum absolute atomic E-state index is 0.467. The summed E-state index contributed by atoms with van der Waals surface area (Å²) in [5, 5.41) is 0. The van der Waals surface area contributed by atoms with Crippen LogP contribution in [0.2, 0.25) is 0 Å². The molecule has 0 amide bonds. The van der Waals surface area contributed by atoms with Crippen LogP contribution >= 0.6 is 0 Å². The first kappa shape index (κ1) is 9.57. The summed E-state index contributed by atoms with van der Waals surface area (Å²) in [5.41, 5.74) is 2.52. The van der Waals surface area contributed by atoms with Crippen LogP contribution in [-0.4, -0.2) is 6.10 Å². The van der Waals surface area contributed by atoms with E-state index >= 15 is 0 Å². The van der Waals surface area contributed by atoms with Crippen molar-refractivity contribution >= 4 is 0 Å². The Hall–Kier alpha value is -0.980. The maximum Gasteiger partial charge on any atom is 0.125 e. The number of aryl methyl sites for hydroxylation is 2. The smallest absolute Gasteiger partial charge is 0.125 e. The van der Waals surface area contributed by atoms with Crippen LogP contribution in [0.4, 0.5) is 0 Å². The molecular weight excluding hydrogens is 172 g/mol. The molecule has 0 aliphatic heterocycles.